The zero-order chi connectivity index (χ0) is 40.1. The third kappa shape index (κ3) is 5.20. The first-order valence-corrected chi connectivity index (χ1v) is 21.3. The Kier molecular flexibility index (Phi) is 7.66. The fourth-order valence-electron chi connectivity index (χ4n) is 9.88. The highest BCUT2D eigenvalue weighted by Gasteiger charge is 2.42. The minimum absolute atomic E-state index is 0.0183. The molecule has 286 valence electrons. The van der Waals surface area contributed by atoms with Crippen LogP contribution >= 0.6 is 11.3 Å². The van der Waals surface area contributed by atoms with Gasteiger partial charge in [-0.15, -0.1) is 11.3 Å². The smallest absolute Gasteiger partial charge is 0.238 e. The van der Waals surface area contributed by atoms with E-state index < -0.39 is 0 Å². The van der Waals surface area contributed by atoms with Crippen molar-refractivity contribution in [2.24, 2.45) is 17.3 Å². The van der Waals surface area contributed by atoms with Gasteiger partial charge in [0.15, 0.2) is 11.6 Å². The predicted octanol–water partition coefficient (Wildman–Crippen LogP) is 14.5. The molecule has 2 aliphatic rings. The van der Waals surface area contributed by atoms with Gasteiger partial charge in [0.2, 0.25) is 5.95 Å². The van der Waals surface area contributed by atoms with Gasteiger partial charge in [-0.05, 0) is 58.9 Å². The van der Waals surface area contributed by atoms with Crippen LogP contribution in [0.15, 0.2) is 175 Å². The van der Waals surface area contributed by atoms with Crippen LogP contribution < -0.4 is 0 Å². The molecule has 4 heterocycles. The molecule has 2 unspecified atom stereocenters. The van der Waals surface area contributed by atoms with Gasteiger partial charge in [0.1, 0.15) is 11.2 Å². The molecule has 2 atom stereocenters. The molecule has 4 aromatic heterocycles. The van der Waals surface area contributed by atoms with Crippen LogP contribution in [0.3, 0.4) is 0 Å². The fourth-order valence-corrected chi connectivity index (χ4v) is 11.0. The van der Waals surface area contributed by atoms with Crippen molar-refractivity contribution >= 4 is 76.0 Å². The van der Waals surface area contributed by atoms with Crippen LogP contribution in [0.4, 0.5) is 0 Å². The van der Waals surface area contributed by atoms with Gasteiger partial charge < -0.3 is 4.42 Å². The van der Waals surface area contributed by atoms with Crippen molar-refractivity contribution < 1.29 is 4.42 Å². The van der Waals surface area contributed by atoms with E-state index in [2.05, 4.69) is 183 Å². The first-order valence-electron chi connectivity index (χ1n) is 20.5. The van der Waals surface area contributed by atoms with E-state index in [-0.39, 0.29) is 11.3 Å². The van der Waals surface area contributed by atoms with Crippen LogP contribution in [0, 0.1) is 17.3 Å². The first-order chi connectivity index (χ1) is 29.4. The molecule has 6 aromatic carbocycles. The highest BCUT2D eigenvalue weighted by atomic mass is 32.1. The molecule has 0 saturated heterocycles. The molecule has 60 heavy (non-hydrogen) atoms. The summed E-state index contributed by atoms with van der Waals surface area (Å²) in [6, 6.07) is 46.7. The van der Waals surface area contributed by atoms with Crippen molar-refractivity contribution in [2.45, 2.75) is 13.8 Å². The van der Waals surface area contributed by atoms with Crippen LogP contribution in [0.5, 0.6) is 0 Å². The number of thiophene rings is 1. The number of fused-ring (bicyclic) bond motifs is 8. The topological polar surface area (TPSA) is 56.7 Å². The largest absolute Gasteiger partial charge is 0.455 e. The van der Waals surface area contributed by atoms with Gasteiger partial charge in [0.05, 0.1) is 11.2 Å². The van der Waals surface area contributed by atoms with Crippen LogP contribution in [0.25, 0.3) is 105 Å². The molecule has 0 fully saturated rings. The van der Waals surface area contributed by atoms with Crippen molar-refractivity contribution in [3.63, 3.8) is 0 Å². The Bertz CT molecular complexity index is 3500. The summed E-state index contributed by atoms with van der Waals surface area (Å²) in [5.74, 6) is 2.32. The molecule has 12 rings (SSSR count). The van der Waals surface area contributed by atoms with Gasteiger partial charge in [-0.25, -0.2) is 4.98 Å². The molecule has 6 heteroatoms. The fraction of sp³-hybridized carbons (Fsp3) is 0.0926. The van der Waals surface area contributed by atoms with E-state index in [9.17, 15) is 0 Å². The monoisotopic (exact) mass is 790 g/mol. The zero-order valence-electron chi connectivity index (χ0n) is 33.1. The third-order valence-corrected chi connectivity index (χ3v) is 13.7. The van der Waals surface area contributed by atoms with Crippen molar-refractivity contribution in [1.82, 2.24) is 19.5 Å². The number of nitrogens with zero attached hydrogens (tertiary/aromatic N) is 4. The van der Waals surface area contributed by atoms with Crippen LogP contribution in [0.1, 0.15) is 25.1 Å². The normalized spacial score (nSPS) is 17.0. The Morgan fingerprint density at radius 3 is 2.28 bits per heavy atom. The average Bonchev–Trinajstić information content (AvgIpc) is 4.03. The third-order valence-electron chi connectivity index (χ3n) is 12.6. The standard InChI is InChI=1S/C54H38N4OS/c1-4-43-48(41-31-54(2,3)42-24-11-8-18-35(41)42)38-19-9-12-25-44(38)58(43)53-56-51(55-52(57-53)40-23-15-27-47-49(40)39-20-10-13-26-46(39)60-47)33-28-29-36-37-22-14-21-34(32-16-6-5-7-17-32)50(37)59-45(36)30-33/h4-31,35,42H,1H2,2-3H3. The zero-order valence-corrected chi connectivity index (χ0v) is 33.9. The molecule has 0 N–H and O–H groups in total. The highest BCUT2D eigenvalue weighted by Crippen LogP contribution is 2.53. The number of hydrogen-bond donors (Lipinski definition) is 0. The predicted molar refractivity (Wildman–Crippen MR) is 250 cm³/mol. The van der Waals surface area contributed by atoms with Crippen molar-refractivity contribution in [2.75, 3.05) is 0 Å². The molecule has 0 bridgehead atoms. The van der Waals surface area contributed by atoms with Crippen molar-refractivity contribution in [1.29, 1.82) is 0 Å². The summed E-state index contributed by atoms with van der Waals surface area (Å²) in [5.41, 5.74) is 10.1. The minimum atomic E-state index is -0.0183. The molecule has 0 saturated carbocycles. The number of rotatable bonds is 6. The van der Waals surface area contributed by atoms with Crippen molar-refractivity contribution in [3.8, 4) is 39.9 Å². The summed E-state index contributed by atoms with van der Waals surface area (Å²) in [4.78, 5) is 16.1. The van der Waals surface area contributed by atoms with Gasteiger partial charge in [-0.1, -0.05) is 154 Å². The number of furan rings is 1. The van der Waals surface area contributed by atoms with Crippen LogP contribution in [0.2, 0.25) is 0 Å². The molecular weight excluding hydrogens is 753 g/mol. The summed E-state index contributed by atoms with van der Waals surface area (Å²) in [7, 11) is 0. The molecule has 0 aliphatic heterocycles. The summed E-state index contributed by atoms with van der Waals surface area (Å²) >= 11 is 1.79. The average molecular weight is 791 g/mol. The van der Waals surface area contributed by atoms with Crippen molar-refractivity contribution in [3.05, 3.63) is 182 Å². The number of hydrogen-bond acceptors (Lipinski definition) is 5. The van der Waals surface area contributed by atoms with E-state index in [4.69, 9.17) is 19.4 Å². The minimum Gasteiger partial charge on any atom is -0.455 e. The SMILES string of the molecule is C=Cc1c(C2=CC(C)(C)C3C=CC=CC23)c2ccccc2n1-c1nc(-c2ccc3c(c2)oc2c(-c4ccccc4)cccc23)nc(-c2cccc3sc4ccccc4c23)n1. The quantitative estimate of drug-likeness (QED) is 0.168. The lowest BCUT2D eigenvalue weighted by molar-refractivity contribution is 0.335. The van der Waals surface area contributed by atoms with E-state index in [1.54, 1.807) is 11.3 Å². The maximum absolute atomic E-state index is 6.74. The Hall–Kier alpha value is -7.15. The molecule has 0 amide bonds. The Labute approximate surface area is 351 Å². The Morgan fingerprint density at radius 1 is 0.667 bits per heavy atom. The maximum atomic E-state index is 6.74. The Morgan fingerprint density at radius 2 is 1.40 bits per heavy atom. The molecule has 2 aliphatic carbocycles. The number of aromatic nitrogens is 4. The number of para-hydroxylation sites is 2. The van der Waals surface area contributed by atoms with E-state index >= 15 is 0 Å². The van der Waals surface area contributed by atoms with Gasteiger partial charge in [0, 0.05) is 64.5 Å². The first kappa shape index (κ1) is 34.9. The van der Waals surface area contributed by atoms with Gasteiger partial charge in [0.25, 0.3) is 0 Å². The number of allylic oxidation sites excluding steroid dienone is 6. The highest BCUT2D eigenvalue weighted by molar-refractivity contribution is 7.25. The second kappa shape index (κ2) is 13.2. The summed E-state index contributed by atoms with van der Waals surface area (Å²) in [6.07, 6.45) is 13.5. The van der Waals surface area contributed by atoms with E-state index in [0.29, 0.717) is 23.5 Å². The van der Waals surface area contributed by atoms with Crippen LogP contribution in [-0.2, 0) is 0 Å². The number of benzene rings is 6. The van der Waals surface area contributed by atoms with Gasteiger partial charge in [-0.2, -0.15) is 9.97 Å². The second-order valence-corrected chi connectivity index (χ2v) is 17.6. The summed E-state index contributed by atoms with van der Waals surface area (Å²) < 4.78 is 11.3. The van der Waals surface area contributed by atoms with Gasteiger partial charge >= 0.3 is 0 Å². The van der Waals surface area contributed by atoms with E-state index in [1.165, 1.54) is 25.9 Å². The van der Waals surface area contributed by atoms with Crippen LogP contribution in [-0.4, -0.2) is 19.5 Å². The Balaban J connectivity index is 1.12. The lowest BCUT2D eigenvalue weighted by Crippen LogP contribution is -2.21. The lowest BCUT2D eigenvalue weighted by atomic mass is 9.75. The molecule has 5 nitrogen and oxygen atoms in total. The summed E-state index contributed by atoms with van der Waals surface area (Å²) in [6.45, 7) is 9.12. The molecule has 0 spiro atoms. The van der Waals surface area contributed by atoms with E-state index in [1.807, 2.05) is 12.1 Å². The second-order valence-electron chi connectivity index (χ2n) is 16.5. The van der Waals surface area contributed by atoms with Gasteiger partial charge in [-0.3, -0.25) is 4.57 Å². The molecular formula is C54H38N4OS. The maximum Gasteiger partial charge on any atom is 0.238 e. The van der Waals surface area contributed by atoms with E-state index in [0.717, 1.165) is 66.2 Å². The molecule has 0 radical (unpaired) electrons. The molecule has 10 aromatic rings. The lowest BCUT2D eigenvalue weighted by Gasteiger charge is -2.29. The summed E-state index contributed by atoms with van der Waals surface area (Å²) in [5, 5.41) is 5.59.